The number of hydrogen-bond donors (Lipinski definition) is 1. The van der Waals surface area contributed by atoms with Crippen molar-refractivity contribution in [3.8, 4) is 11.5 Å². The third-order valence-corrected chi connectivity index (χ3v) is 6.34. The average molecular weight is 567 g/mol. The fourth-order valence-corrected chi connectivity index (χ4v) is 4.12. The largest absolute Gasteiger partial charge is 0.496 e. The molecule has 1 N–H and O–H groups in total. The SMILES string of the molecule is COc1ccc(/C=C/C(=O)Nc2nn(Cc3ccccc3Cl)cc2Br)cc1COc1ccc(C)cc1. The highest BCUT2D eigenvalue weighted by Crippen LogP contribution is 2.24. The molecule has 36 heavy (non-hydrogen) atoms. The molecule has 4 rings (SSSR count). The van der Waals surface area contributed by atoms with E-state index in [0.717, 1.165) is 28.2 Å². The third kappa shape index (κ3) is 6.77. The zero-order valence-electron chi connectivity index (χ0n) is 19.9. The van der Waals surface area contributed by atoms with Crippen molar-refractivity contribution in [3.05, 3.63) is 111 Å². The number of aryl methyl sites for hydroxylation is 1. The number of anilines is 1. The minimum atomic E-state index is -0.299. The third-order valence-electron chi connectivity index (χ3n) is 5.40. The molecule has 1 aromatic heterocycles. The molecule has 0 radical (unpaired) electrons. The van der Waals surface area contributed by atoms with Gasteiger partial charge >= 0.3 is 0 Å². The van der Waals surface area contributed by atoms with Gasteiger partial charge < -0.3 is 14.8 Å². The van der Waals surface area contributed by atoms with Crippen LogP contribution in [-0.4, -0.2) is 22.8 Å². The topological polar surface area (TPSA) is 65.4 Å². The Labute approximate surface area is 223 Å². The van der Waals surface area contributed by atoms with Crippen LogP contribution in [0, 0.1) is 6.92 Å². The van der Waals surface area contributed by atoms with Crippen molar-refractivity contribution in [2.75, 3.05) is 12.4 Å². The lowest BCUT2D eigenvalue weighted by Gasteiger charge is -2.11. The van der Waals surface area contributed by atoms with Crippen LogP contribution in [-0.2, 0) is 17.9 Å². The van der Waals surface area contributed by atoms with E-state index in [4.69, 9.17) is 21.1 Å². The van der Waals surface area contributed by atoms with E-state index in [0.29, 0.717) is 28.5 Å². The maximum atomic E-state index is 12.6. The molecule has 0 aliphatic rings. The van der Waals surface area contributed by atoms with Crippen molar-refractivity contribution in [1.82, 2.24) is 9.78 Å². The van der Waals surface area contributed by atoms with Crippen molar-refractivity contribution in [2.45, 2.75) is 20.1 Å². The molecule has 0 spiro atoms. The fourth-order valence-electron chi connectivity index (χ4n) is 3.50. The van der Waals surface area contributed by atoms with Gasteiger partial charge in [0.15, 0.2) is 5.82 Å². The predicted molar refractivity (Wildman–Crippen MR) is 147 cm³/mol. The van der Waals surface area contributed by atoms with Crippen molar-refractivity contribution in [1.29, 1.82) is 0 Å². The molecule has 0 saturated carbocycles. The van der Waals surface area contributed by atoms with E-state index in [2.05, 4.69) is 26.3 Å². The highest BCUT2D eigenvalue weighted by atomic mass is 79.9. The molecular formula is C28H25BrClN3O3. The van der Waals surface area contributed by atoms with E-state index in [1.165, 1.54) is 11.6 Å². The number of hydrogen-bond acceptors (Lipinski definition) is 4. The number of nitrogens with one attached hydrogen (secondary N) is 1. The van der Waals surface area contributed by atoms with Crippen molar-refractivity contribution < 1.29 is 14.3 Å². The van der Waals surface area contributed by atoms with Crippen LogP contribution in [0.25, 0.3) is 6.08 Å². The zero-order chi connectivity index (χ0) is 25.5. The van der Waals surface area contributed by atoms with Gasteiger partial charge in [-0.25, -0.2) is 0 Å². The van der Waals surface area contributed by atoms with E-state index < -0.39 is 0 Å². The highest BCUT2D eigenvalue weighted by molar-refractivity contribution is 9.10. The maximum Gasteiger partial charge on any atom is 0.249 e. The second-order valence-corrected chi connectivity index (χ2v) is 9.37. The van der Waals surface area contributed by atoms with Gasteiger partial charge in [0.2, 0.25) is 5.91 Å². The summed E-state index contributed by atoms with van der Waals surface area (Å²) in [6, 6.07) is 21.1. The fraction of sp³-hybridized carbons (Fsp3) is 0.143. The van der Waals surface area contributed by atoms with Crippen molar-refractivity contribution >= 4 is 45.3 Å². The van der Waals surface area contributed by atoms with Crippen LogP contribution >= 0.6 is 27.5 Å². The average Bonchev–Trinajstić information content (AvgIpc) is 3.22. The van der Waals surface area contributed by atoms with Gasteiger partial charge in [-0.15, -0.1) is 0 Å². The molecule has 3 aromatic carbocycles. The molecule has 0 saturated heterocycles. The molecule has 8 heteroatoms. The summed E-state index contributed by atoms with van der Waals surface area (Å²) < 4.78 is 13.8. The summed E-state index contributed by atoms with van der Waals surface area (Å²) in [6.45, 7) is 2.86. The monoisotopic (exact) mass is 565 g/mol. The predicted octanol–water partition coefficient (Wildman–Crippen LogP) is 6.90. The lowest BCUT2D eigenvalue weighted by atomic mass is 10.1. The Kier molecular flexibility index (Phi) is 8.46. The number of ether oxygens (including phenoxy) is 2. The minimum absolute atomic E-state index is 0.299. The Morgan fingerprint density at radius 1 is 1.11 bits per heavy atom. The lowest BCUT2D eigenvalue weighted by molar-refractivity contribution is -0.111. The van der Waals surface area contributed by atoms with Gasteiger partial charge in [0.25, 0.3) is 0 Å². The quantitative estimate of drug-likeness (QED) is 0.224. The molecule has 1 heterocycles. The number of aromatic nitrogens is 2. The van der Waals surface area contributed by atoms with E-state index >= 15 is 0 Å². The first-order valence-electron chi connectivity index (χ1n) is 11.2. The summed E-state index contributed by atoms with van der Waals surface area (Å²) in [6.07, 6.45) is 5.00. The van der Waals surface area contributed by atoms with E-state index in [1.807, 2.05) is 73.7 Å². The summed E-state index contributed by atoms with van der Waals surface area (Å²) >= 11 is 9.70. The molecule has 0 atom stereocenters. The summed E-state index contributed by atoms with van der Waals surface area (Å²) in [7, 11) is 1.62. The van der Waals surface area contributed by atoms with Crippen LogP contribution in [0.3, 0.4) is 0 Å². The Bertz CT molecular complexity index is 1380. The van der Waals surface area contributed by atoms with Gasteiger partial charge in [-0.2, -0.15) is 5.10 Å². The van der Waals surface area contributed by atoms with Crippen LogP contribution in [0.2, 0.25) is 5.02 Å². The van der Waals surface area contributed by atoms with Gasteiger partial charge in [0.05, 0.1) is 18.1 Å². The Hall–Kier alpha value is -3.55. The van der Waals surface area contributed by atoms with Crippen LogP contribution in [0.15, 0.2) is 83.5 Å². The molecular weight excluding hydrogens is 542 g/mol. The second kappa shape index (κ2) is 11.9. The number of carbonyl (C=O) groups is 1. The summed E-state index contributed by atoms with van der Waals surface area (Å²) in [4.78, 5) is 12.6. The molecule has 0 aliphatic carbocycles. The number of nitrogens with zero attached hydrogens (tertiary/aromatic N) is 2. The Balaban J connectivity index is 1.40. The molecule has 0 fully saturated rings. The molecule has 184 valence electrons. The molecule has 6 nitrogen and oxygen atoms in total. The van der Waals surface area contributed by atoms with Crippen molar-refractivity contribution in [3.63, 3.8) is 0 Å². The first-order chi connectivity index (χ1) is 17.4. The van der Waals surface area contributed by atoms with Crippen molar-refractivity contribution in [2.24, 2.45) is 0 Å². The Morgan fingerprint density at radius 3 is 2.64 bits per heavy atom. The van der Waals surface area contributed by atoms with Gasteiger partial charge in [-0.3, -0.25) is 9.48 Å². The second-order valence-electron chi connectivity index (χ2n) is 8.11. The number of rotatable bonds is 9. The summed E-state index contributed by atoms with van der Waals surface area (Å²) in [5.74, 6) is 1.63. The van der Waals surface area contributed by atoms with Crippen LogP contribution in [0.4, 0.5) is 5.82 Å². The number of methoxy groups -OCH3 is 1. The molecule has 0 unspecified atom stereocenters. The molecule has 4 aromatic rings. The standard InChI is InChI=1S/C28H25BrClN3O3/c1-19-7-11-23(12-8-19)36-18-22-15-20(9-13-26(22)35-2)10-14-27(34)31-28-24(29)17-33(32-28)16-21-5-3-4-6-25(21)30/h3-15,17H,16,18H2,1-2H3,(H,31,32,34)/b14-10+. The summed E-state index contributed by atoms with van der Waals surface area (Å²) in [5.41, 5.74) is 3.83. The van der Waals surface area contributed by atoms with Crippen LogP contribution in [0.1, 0.15) is 22.3 Å². The minimum Gasteiger partial charge on any atom is -0.496 e. The van der Waals surface area contributed by atoms with Crippen LogP contribution < -0.4 is 14.8 Å². The van der Waals surface area contributed by atoms with Gasteiger partial charge in [0.1, 0.15) is 18.1 Å². The number of benzene rings is 3. The molecule has 0 aliphatic heterocycles. The Morgan fingerprint density at radius 2 is 1.89 bits per heavy atom. The lowest BCUT2D eigenvalue weighted by Crippen LogP contribution is -2.10. The van der Waals surface area contributed by atoms with Crippen LogP contribution in [0.5, 0.6) is 11.5 Å². The van der Waals surface area contributed by atoms with E-state index in [9.17, 15) is 4.79 Å². The van der Waals surface area contributed by atoms with Gasteiger partial charge in [0, 0.05) is 22.9 Å². The van der Waals surface area contributed by atoms with E-state index in [1.54, 1.807) is 24.1 Å². The smallest absolute Gasteiger partial charge is 0.249 e. The maximum absolute atomic E-state index is 12.6. The highest BCUT2D eigenvalue weighted by Gasteiger charge is 2.11. The number of carbonyl (C=O) groups excluding carboxylic acids is 1. The summed E-state index contributed by atoms with van der Waals surface area (Å²) in [5, 5.41) is 7.92. The van der Waals surface area contributed by atoms with Gasteiger partial charge in [-0.05, 0) is 70.4 Å². The van der Waals surface area contributed by atoms with Gasteiger partial charge in [-0.1, -0.05) is 53.6 Å². The van der Waals surface area contributed by atoms with E-state index in [-0.39, 0.29) is 5.91 Å². The number of amides is 1. The molecule has 0 bridgehead atoms. The molecule has 1 amide bonds. The first-order valence-corrected chi connectivity index (χ1v) is 12.4. The first kappa shape index (κ1) is 25.5. The number of halogens is 2. The zero-order valence-corrected chi connectivity index (χ0v) is 22.2. The normalized spacial score (nSPS) is 11.0.